The highest BCUT2D eigenvalue weighted by Crippen LogP contribution is 2.29. The zero-order chi connectivity index (χ0) is 20.9. The van der Waals surface area contributed by atoms with Crippen molar-refractivity contribution in [2.75, 3.05) is 22.5 Å². The number of amides is 2. The molecule has 0 atom stereocenters. The molecule has 0 unspecified atom stereocenters. The largest absolute Gasteiger partial charge is 0.322 e. The van der Waals surface area contributed by atoms with E-state index in [0.717, 1.165) is 30.0 Å². The third-order valence-corrected chi connectivity index (χ3v) is 5.96. The van der Waals surface area contributed by atoms with Gasteiger partial charge in [-0.2, -0.15) is 0 Å². The van der Waals surface area contributed by atoms with Gasteiger partial charge in [0.15, 0.2) is 0 Å². The molecule has 0 saturated heterocycles. The Morgan fingerprint density at radius 1 is 1.00 bits per heavy atom. The van der Waals surface area contributed by atoms with Crippen LogP contribution in [0.2, 0.25) is 0 Å². The number of hydrogen-bond donors (Lipinski definition) is 1. The summed E-state index contributed by atoms with van der Waals surface area (Å²) in [6, 6.07) is 21.1. The van der Waals surface area contributed by atoms with Gasteiger partial charge >= 0.3 is 0 Å². The van der Waals surface area contributed by atoms with Crippen LogP contribution in [-0.4, -0.2) is 24.1 Å². The maximum absolute atomic E-state index is 13.8. The van der Waals surface area contributed by atoms with Crippen molar-refractivity contribution < 1.29 is 14.0 Å². The van der Waals surface area contributed by atoms with E-state index in [-0.39, 0.29) is 11.5 Å². The summed E-state index contributed by atoms with van der Waals surface area (Å²) in [6.45, 7) is 0.731. The van der Waals surface area contributed by atoms with E-state index in [1.54, 1.807) is 30.3 Å². The fraction of sp³-hybridized carbons (Fsp3) is 0.167. The minimum absolute atomic E-state index is 0.00509. The molecule has 6 heteroatoms. The highest BCUT2D eigenvalue weighted by Gasteiger charge is 2.22. The molecule has 30 heavy (non-hydrogen) atoms. The number of rotatable bonds is 5. The number of nitrogens with one attached hydrogen (secondary N) is 1. The number of thioether (sulfide) groups is 1. The van der Waals surface area contributed by atoms with Gasteiger partial charge in [0, 0.05) is 22.8 Å². The second kappa shape index (κ2) is 9.13. The summed E-state index contributed by atoms with van der Waals surface area (Å²) < 4.78 is 13.8. The van der Waals surface area contributed by atoms with Crippen molar-refractivity contribution in [2.45, 2.75) is 17.7 Å². The molecule has 0 aliphatic carbocycles. The number of hydrogen-bond acceptors (Lipinski definition) is 3. The first-order chi connectivity index (χ1) is 14.6. The van der Waals surface area contributed by atoms with E-state index in [1.165, 1.54) is 29.5 Å². The maximum Gasteiger partial charge on any atom is 0.258 e. The van der Waals surface area contributed by atoms with Crippen LogP contribution < -0.4 is 10.2 Å². The van der Waals surface area contributed by atoms with E-state index >= 15 is 0 Å². The molecule has 1 heterocycles. The maximum atomic E-state index is 13.8. The Kier molecular flexibility index (Phi) is 6.14. The van der Waals surface area contributed by atoms with Crippen LogP contribution in [0.4, 0.5) is 15.8 Å². The Morgan fingerprint density at radius 3 is 2.67 bits per heavy atom. The van der Waals surface area contributed by atoms with Gasteiger partial charge in [-0.05, 0) is 54.8 Å². The molecular formula is C24H21FN2O2S. The predicted molar refractivity (Wildman–Crippen MR) is 119 cm³/mol. The van der Waals surface area contributed by atoms with Gasteiger partial charge in [0.1, 0.15) is 5.82 Å². The lowest BCUT2D eigenvalue weighted by Gasteiger charge is -2.29. The van der Waals surface area contributed by atoms with Crippen molar-refractivity contribution in [3.8, 4) is 0 Å². The first-order valence-electron chi connectivity index (χ1n) is 9.79. The van der Waals surface area contributed by atoms with Gasteiger partial charge in [-0.15, -0.1) is 11.8 Å². The van der Waals surface area contributed by atoms with Gasteiger partial charge in [-0.3, -0.25) is 9.59 Å². The van der Waals surface area contributed by atoms with Crippen LogP contribution in [0, 0.1) is 5.82 Å². The normalized spacial score (nSPS) is 12.9. The third kappa shape index (κ3) is 4.54. The molecule has 0 bridgehead atoms. The first kappa shape index (κ1) is 20.2. The summed E-state index contributed by atoms with van der Waals surface area (Å²) in [5.74, 6) is -0.698. The van der Waals surface area contributed by atoms with Crippen molar-refractivity contribution >= 4 is 35.0 Å². The average Bonchev–Trinajstić information content (AvgIpc) is 2.77. The van der Waals surface area contributed by atoms with E-state index in [1.807, 2.05) is 29.2 Å². The second-order valence-corrected chi connectivity index (χ2v) is 8.08. The van der Waals surface area contributed by atoms with Crippen LogP contribution in [-0.2, 0) is 11.2 Å². The molecule has 3 aromatic rings. The highest BCUT2D eigenvalue weighted by molar-refractivity contribution is 8.00. The fourth-order valence-corrected chi connectivity index (χ4v) is 4.35. The van der Waals surface area contributed by atoms with Crippen molar-refractivity contribution in [1.82, 2.24) is 0 Å². The smallest absolute Gasteiger partial charge is 0.258 e. The van der Waals surface area contributed by atoms with Crippen molar-refractivity contribution in [3.05, 3.63) is 89.7 Å². The second-order valence-electron chi connectivity index (χ2n) is 7.03. The number of carbonyl (C=O) groups excluding carboxylic acids is 2. The molecule has 1 aliphatic heterocycles. The molecule has 1 N–H and O–H groups in total. The van der Waals surface area contributed by atoms with Crippen molar-refractivity contribution in [3.63, 3.8) is 0 Å². The number of carbonyl (C=O) groups is 2. The number of anilines is 2. The van der Waals surface area contributed by atoms with Crippen LogP contribution in [0.3, 0.4) is 0 Å². The number of nitrogens with zero attached hydrogens (tertiary/aromatic N) is 1. The van der Waals surface area contributed by atoms with E-state index in [0.29, 0.717) is 11.4 Å². The van der Waals surface area contributed by atoms with Crippen molar-refractivity contribution in [2.24, 2.45) is 0 Å². The zero-order valence-corrected chi connectivity index (χ0v) is 17.1. The molecular weight excluding hydrogens is 399 g/mol. The van der Waals surface area contributed by atoms with Crippen LogP contribution in [0.25, 0.3) is 0 Å². The Bertz CT molecular complexity index is 1090. The van der Waals surface area contributed by atoms with Gasteiger partial charge in [0.05, 0.1) is 11.3 Å². The lowest BCUT2D eigenvalue weighted by molar-refractivity contribution is -0.116. The summed E-state index contributed by atoms with van der Waals surface area (Å²) in [6.07, 6.45) is 1.96. The Balaban J connectivity index is 1.40. The van der Waals surface area contributed by atoms with Crippen molar-refractivity contribution in [1.29, 1.82) is 0 Å². The lowest BCUT2D eigenvalue weighted by atomic mass is 10.0. The minimum Gasteiger partial charge on any atom is -0.322 e. The lowest BCUT2D eigenvalue weighted by Crippen LogP contribution is -2.36. The fourth-order valence-electron chi connectivity index (χ4n) is 3.52. The molecule has 0 saturated carbocycles. The van der Waals surface area contributed by atoms with Gasteiger partial charge < -0.3 is 10.2 Å². The summed E-state index contributed by atoms with van der Waals surface area (Å²) >= 11 is 1.42. The highest BCUT2D eigenvalue weighted by atomic mass is 32.2. The SMILES string of the molecule is O=C(Nc1cccc(SCC(=O)N2CCCc3ccccc32)c1)c1ccccc1F. The molecule has 0 radical (unpaired) electrons. The molecule has 4 rings (SSSR count). The molecule has 3 aromatic carbocycles. The summed E-state index contributed by atoms with van der Waals surface area (Å²) in [5, 5.41) is 2.72. The third-order valence-electron chi connectivity index (χ3n) is 4.98. The van der Waals surface area contributed by atoms with Crippen LogP contribution in [0.1, 0.15) is 22.3 Å². The molecule has 4 nitrogen and oxygen atoms in total. The number of fused-ring (bicyclic) bond motifs is 1. The standard InChI is InChI=1S/C24H21FN2O2S/c25-21-12-3-2-11-20(21)24(29)26-18-9-5-10-19(15-18)30-16-23(28)27-14-6-8-17-7-1-4-13-22(17)27/h1-5,7,9-13,15H,6,8,14,16H2,(H,26,29). The summed E-state index contributed by atoms with van der Waals surface area (Å²) in [5.41, 5.74) is 2.76. The Hall–Kier alpha value is -3.12. The van der Waals surface area contributed by atoms with Gasteiger partial charge in [0.25, 0.3) is 5.91 Å². The van der Waals surface area contributed by atoms with E-state index in [9.17, 15) is 14.0 Å². The monoisotopic (exact) mass is 420 g/mol. The van der Waals surface area contributed by atoms with Gasteiger partial charge in [0.2, 0.25) is 5.91 Å². The average molecular weight is 421 g/mol. The van der Waals surface area contributed by atoms with E-state index in [2.05, 4.69) is 11.4 Å². The molecule has 0 spiro atoms. The van der Waals surface area contributed by atoms with E-state index < -0.39 is 11.7 Å². The molecule has 2 amide bonds. The number of halogens is 1. The quantitative estimate of drug-likeness (QED) is 0.581. The van der Waals surface area contributed by atoms with Crippen LogP contribution in [0.15, 0.2) is 77.7 Å². The zero-order valence-electron chi connectivity index (χ0n) is 16.3. The molecule has 1 aliphatic rings. The Labute approximate surface area is 179 Å². The molecule has 152 valence electrons. The van der Waals surface area contributed by atoms with Crippen LogP contribution in [0.5, 0.6) is 0 Å². The van der Waals surface area contributed by atoms with Gasteiger partial charge in [-0.1, -0.05) is 36.4 Å². The number of para-hydroxylation sites is 1. The van der Waals surface area contributed by atoms with Gasteiger partial charge in [-0.25, -0.2) is 4.39 Å². The predicted octanol–water partition coefficient (Wildman–Crippen LogP) is 5.15. The summed E-state index contributed by atoms with van der Waals surface area (Å²) in [4.78, 5) is 27.8. The number of benzene rings is 3. The van der Waals surface area contributed by atoms with E-state index in [4.69, 9.17) is 0 Å². The van der Waals surface area contributed by atoms with Crippen LogP contribution >= 0.6 is 11.8 Å². The first-order valence-corrected chi connectivity index (χ1v) is 10.8. The Morgan fingerprint density at radius 2 is 1.80 bits per heavy atom. The summed E-state index contributed by atoms with van der Waals surface area (Å²) in [7, 11) is 0. The topological polar surface area (TPSA) is 49.4 Å². The molecule has 0 aromatic heterocycles. The minimum atomic E-state index is -0.562. The number of aryl methyl sites for hydroxylation is 1. The molecule has 0 fully saturated rings.